The Hall–Kier alpha value is -4.45. The van der Waals surface area contributed by atoms with Crippen LogP contribution in [0.15, 0.2) is 48.8 Å². The molecule has 1 fully saturated rings. The van der Waals surface area contributed by atoms with Crippen molar-refractivity contribution in [2.45, 2.75) is 13.5 Å². The zero-order valence-electron chi connectivity index (χ0n) is 19.6. The quantitative estimate of drug-likeness (QED) is 0.375. The van der Waals surface area contributed by atoms with Gasteiger partial charge in [-0.3, -0.25) is 30.7 Å². The molecular formula is C24H25N7O5. The highest BCUT2D eigenvalue weighted by Crippen LogP contribution is 2.34. The van der Waals surface area contributed by atoms with Crippen molar-refractivity contribution in [2.24, 2.45) is 0 Å². The molecule has 1 saturated heterocycles. The number of nitro groups is 1. The molecule has 2 aliphatic heterocycles. The molecule has 0 unspecified atom stereocenters. The van der Waals surface area contributed by atoms with Gasteiger partial charge >= 0.3 is 5.69 Å². The standard InChI is InChI=1S/C24H25N7O5/c1-16-4-2-3-5-18(16)24(32)28-27-22-21(31(33)34)23(26-14-25-22)30-10-8-29(9-11-30)13-17-6-7-19-20(12-17)36-15-35-19/h2-7,12,14H,8-11,13,15H2,1H3,(H,28,32)(H,25,26,27). The molecule has 12 heteroatoms. The SMILES string of the molecule is Cc1ccccc1C(=O)NNc1ncnc(N2CCN(Cc3ccc4c(c3)OCO4)CC2)c1[N+](=O)[O-]. The molecule has 0 aliphatic carbocycles. The predicted molar refractivity (Wildman–Crippen MR) is 131 cm³/mol. The summed E-state index contributed by atoms with van der Waals surface area (Å²) in [5.74, 6) is 1.22. The highest BCUT2D eigenvalue weighted by atomic mass is 16.7. The number of piperazine rings is 1. The molecule has 0 spiro atoms. The summed E-state index contributed by atoms with van der Waals surface area (Å²) in [5, 5.41) is 12.0. The van der Waals surface area contributed by atoms with Crippen LogP contribution in [-0.4, -0.2) is 58.7 Å². The van der Waals surface area contributed by atoms with Crippen molar-refractivity contribution in [1.82, 2.24) is 20.3 Å². The average Bonchev–Trinajstić information content (AvgIpc) is 3.36. The normalized spacial score (nSPS) is 15.0. The van der Waals surface area contributed by atoms with Crippen molar-refractivity contribution in [1.29, 1.82) is 0 Å². The van der Waals surface area contributed by atoms with Crippen LogP contribution in [0.5, 0.6) is 11.5 Å². The number of hydrogen-bond acceptors (Lipinski definition) is 10. The predicted octanol–water partition coefficient (Wildman–Crippen LogP) is 2.50. The first-order valence-corrected chi connectivity index (χ1v) is 11.5. The van der Waals surface area contributed by atoms with Gasteiger partial charge in [-0.2, -0.15) is 0 Å². The molecule has 12 nitrogen and oxygen atoms in total. The molecule has 0 saturated carbocycles. The summed E-state index contributed by atoms with van der Waals surface area (Å²) in [7, 11) is 0. The minimum absolute atomic E-state index is 0.0743. The molecule has 3 aromatic rings. The van der Waals surface area contributed by atoms with Crippen LogP contribution in [0.25, 0.3) is 0 Å². The number of nitrogens with zero attached hydrogens (tertiary/aromatic N) is 5. The maximum atomic E-state index is 12.5. The number of rotatable bonds is 7. The van der Waals surface area contributed by atoms with Crippen LogP contribution < -0.4 is 25.2 Å². The molecule has 2 aromatic carbocycles. The molecular weight excluding hydrogens is 466 g/mol. The Kier molecular flexibility index (Phi) is 6.50. The monoisotopic (exact) mass is 491 g/mol. The van der Waals surface area contributed by atoms with E-state index in [1.807, 2.05) is 42.2 Å². The Morgan fingerprint density at radius 1 is 1.08 bits per heavy atom. The number of benzene rings is 2. The fraction of sp³-hybridized carbons (Fsp3) is 0.292. The largest absolute Gasteiger partial charge is 0.454 e. The second kappa shape index (κ2) is 10.0. The van der Waals surface area contributed by atoms with E-state index >= 15 is 0 Å². The van der Waals surface area contributed by atoms with Crippen LogP contribution in [0.1, 0.15) is 21.5 Å². The number of hydrogen-bond donors (Lipinski definition) is 2. The maximum Gasteiger partial charge on any atom is 0.355 e. The number of hydrazine groups is 1. The van der Waals surface area contributed by atoms with Gasteiger partial charge in [-0.1, -0.05) is 24.3 Å². The zero-order chi connectivity index (χ0) is 25.1. The molecule has 2 N–H and O–H groups in total. The van der Waals surface area contributed by atoms with Crippen LogP contribution >= 0.6 is 0 Å². The van der Waals surface area contributed by atoms with Crippen molar-refractivity contribution in [3.63, 3.8) is 0 Å². The number of carbonyl (C=O) groups is 1. The van der Waals surface area contributed by atoms with Gasteiger partial charge < -0.3 is 14.4 Å². The Labute approximate surface area is 207 Å². The minimum atomic E-state index is -0.531. The van der Waals surface area contributed by atoms with E-state index in [0.29, 0.717) is 31.7 Å². The first-order chi connectivity index (χ1) is 17.5. The van der Waals surface area contributed by atoms with E-state index in [1.165, 1.54) is 6.33 Å². The van der Waals surface area contributed by atoms with Gasteiger partial charge in [0.25, 0.3) is 5.91 Å². The molecule has 5 rings (SSSR count). The smallest absolute Gasteiger partial charge is 0.355 e. The number of fused-ring (bicyclic) bond motifs is 1. The van der Waals surface area contributed by atoms with E-state index in [2.05, 4.69) is 25.7 Å². The van der Waals surface area contributed by atoms with E-state index < -0.39 is 10.8 Å². The number of ether oxygens (including phenoxy) is 2. The van der Waals surface area contributed by atoms with Crippen LogP contribution in [0.3, 0.4) is 0 Å². The first kappa shape index (κ1) is 23.3. The van der Waals surface area contributed by atoms with Crippen molar-refractivity contribution >= 4 is 23.2 Å². The Balaban J connectivity index is 1.25. The van der Waals surface area contributed by atoms with E-state index in [1.54, 1.807) is 12.1 Å². The maximum absolute atomic E-state index is 12.5. The number of aromatic nitrogens is 2. The second-order valence-corrected chi connectivity index (χ2v) is 8.50. The molecule has 1 amide bonds. The van der Waals surface area contributed by atoms with Crippen molar-refractivity contribution in [2.75, 3.05) is 43.3 Å². The number of amides is 1. The summed E-state index contributed by atoms with van der Waals surface area (Å²) < 4.78 is 10.8. The van der Waals surface area contributed by atoms with E-state index in [9.17, 15) is 14.9 Å². The summed E-state index contributed by atoms with van der Waals surface area (Å²) in [5.41, 5.74) is 7.18. The van der Waals surface area contributed by atoms with Crippen LogP contribution in [0.4, 0.5) is 17.3 Å². The fourth-order valence-corrected chi connectivity index (χ4v) is 4.29. The molecule has 3 heterocycles. The average molecular weight is 492 g/mol. The topological polar surface area (TPSA) is 135 Å². The highest BCUT2D eigenvalue weighted by molar-refractivity contribution is 5.96. The van der Waals surface area contributed by atoms with Gasteiger partial charge in [0.15, 0.2) is 11.5 Å². The highest BCUT2D eigenvalue weighted by Gasteiger charge is 2.30. The van der Waals surface area contributed by atoms with Crippen LogP contribution in [0, 0.1) is 17.0 Å². The summed E-state index contributed by atoms with van der Waals surface area (Å²) in [4.78, 5) is 36.3. The molecule has 0 atom stereocenters. The molecule has 1 aromatic heterocycles. The number of carbonyl (C=O) groups excluding carboxylic acids is 1. The van der Waals surface area contributed by atoms with Crippen molar-refractivity contribution < 1.29 is 19.2 Å². The van der Waals surface area contributed by atoms with E-state index in [0.717, 1.165) is 29.2 Å². The van der Waals surface area contributed by atoms with Gasteiger partial charge in [0.1, 0.15) is 6.33 Å². The van der Waals surface area contributed by atoms with E-state index in [4.69, 9.17) is 9.47 Å². The summed E-state index contributed by atoms with van der Waals surface area (Å²) in [6.07, 6.45) is 1.25. The van der Waals surface area contributed by atoms with Gasteiger partial charge in [-0.15, -0.1) is 0 Å². The Morgan fingerprint density at radius 3 is 2.64 bits per heavy atom. The minimum Gasteiger partial charge on any atom is -0.454 e. The number of nitrogens with one attached hydrogen (secondary N) is 2. The number of aryl methyl sites for hydroxylation is 1. The fourth-order valence-electron chi connectivity index (χ4n) is 4.29. The third kappa shape index (κ3) is 4.84. The lowest BCUT2D eigenvalue weighted by atomic mass is 10.1. The first-order valence-electron chi connectivity index (χ1n) is 11.5. The Morgan fingerprint density at radius 2 is 1.86 bits per heavy atom. The van der Waals surface area contributed by atoms with Crippen molar-refractivity contribution in [3.05, 3.63) is 75.6 Å². The summed E-state index contributed by atoms with van der Waals surface area (Å²) in [6, 6.07) is 13.0. The third-order valence-corrected chi connectivity index (χ3v) is 6.18. The zero-order valence-corrected chi connectivity index (χ0v) is 19.6. The molecule has 0 radical (unpaired) electrons. The van der Waals surface area contributed by atoms with Gasteiger partial charge in [0.05, 0.1) is 4.92 Å². The van der Waals surface area contributed by atoms with Gasteiger partial charge in [0, 0.05) is 38.3 Å². The van der Waals surface area contributed by atoms with E-state index in [-0.39, 0.29) is 24.1 Å². The summed E-state index contributed by atoms with van der Waals surface area (Å²) in [6.45, 7) is 5.28. The van der Waals surface area contributed by atoms with Gasteiger partial charge in [0.2, 0.25) is 18.4 Å². The lowest BCUT2D eigenvalue weighted by molar-refractivity contribution is -0.383. The van der Waals surface area contributed by atoms with Crippen LogP contribution in [0.2, 0.25) is 0 Å². The lowest BCUT2D eigenvalue weighted by Gasteiger charge is -2.35. The lowest BCUT2D eigenvalue weighted by Crippen LogP contribution is -2.46. The Bertz CT molecular complexity index is 1290. The molecule has 36 heavy (non-hydrogen) atoms. The molecule has 2 aliphatic rings. The van der Waals surface area contributed by atoms with Crippen LogP contribution in [-0.2, 0) is 6.54 Å². The van der Waals surface area contributed by atoms with Crippen molar-refractivity contribution in [3.8, 4) is 11.5 Å². The van der Waals surface area contributed by atoms with Gasteiger partial charge in [-0.25, -0.2) is 9.97 Å². The third-order valence-electron chi connectivity index (χ3n) is 6.18. The van der Waals surface area contributed by atoms with Gasteiger partial charge in [-0.05, 0) is 36.2 Å². The molecule has 0 bridgehead atoms. The summed E-state index contributed by atoms with van der Waals surface area (Å²) >= 11 is 0. The number of anilines is 2. The second-order valence-electron chi connectivity index (χ2n) is 8.50. The molecule has 186 valence electrons.